The van der Waals surface area contributed by atoms with Crippen LogP contribution in [0.3, 0.4) is 0 Å². The highest BCUT2D eigenvalue weighted by molar-refractivity contribution is 7.92. The second-order valence-corrected chi connectivity index (χ2v) is 7.73. The second-order valence-electron chi connectivity index (χ2n) is 4.28. The fourth-order valence-corrected chi connectivity index (χ4v) is 2.65. The van der Waals surface area contributed by atoms with Crippen LogP contribution in [0.1, 0.15) is 12.0 Å². The van der Waals surface area contributed by atoms with Gasteiger partial charge in [-0.1, -0.05) is 12.1 Å². The smallest absolute Gasteiger partial charge is 0.276 e. The lowest BCUT2D eigenvalue weighted by molar-refractivity contribution is 0.570. The van der Waals surface area contributed by atoms with Crippen molar-refractivity contribution in [1.29, 1.82) is 0 Å². The molecule has 0 spiro atoms. The van der Waals surface area contributed by atoms with E-state index in [0.29, 0.717) is 25.1 Å². The molecular weight excluding hydrogens is 302 g/mol. The normalized spacial score (nSPS) is 12.3. The lowest BCUT2D eigenvalue weighted by Crippen LogP contribution is -2.34. The van der Waals surface area contributed by atoms with E-state index in [1.54, 1.807) is 24.3 Å². The molecule has 1 aromatic carbocycles. The molecule has 0 atom stereocenters. The predicted molar refractivity (Wildman–Crippen MR) is 79.2 cm³/mol. The Hall–Kier alpha value is -1.16. The zero-order valence-corrected chi connectivity index (χ0v) is 13.0. The maximum Gasteiger partial charge on any atom is 0.276 e. The van der Waals surface area contributed by atoms with Crippen LogP contribution in [0, 0.1) is 0 Å². The first kappa shape index (κ1) is 16.9. The lowest BCUT2D eigenvalue weighted by atomic mass is 10.1. The Bertz CT molecular complexity index is 624. The fraction of sp³-hybridized carbons (Fsp3) is 0.455. The summed E-state index contributed by atoms with van der Waals surface area (Å²) in [5.74, 6) is 0. The molecule has 1 aromatic rings. The van der Waals surface area contributed by atoms with E-state index in [-0.39, 0.29) is 0 Å². The van der Waals surface area contributed by atoms with Crippen molar-refractivity contribution in [2.24, 2.45) is 0 Å². The molecule has 0 radical (unpaired) electrons. The Morgan fingerprint density at radius 3 is 2.15 bits per heavy atom. The van der Waals surface area contributed by atoms with Crippen molar-refractivity contribution >= 4 is 25.9 Å². The van der Waals surface area contributed by atoms with Gasteiger partial charge in [-0.15, -0.1) is 0 Å². The molecule has 0 unspecified atom stereocenters. The molecule has 0 aliphatic carbocycles. The molecule has 9 heteroatoms. The van der Waals surface area contributed by atoms with Crippen molar-refractivity contribution in [3.8, 4) is 0 Å². The van der Waals surface area contributed by atoms with E-state index >= 15 is 0 Å². The Labute approximate surface area is 120 Å². The van der Waals surface area contributed by atoms with Crippen LogP contribution in [0.4, 0.5) is 5.69 Å². The third kappa shape index (κ3) is 6.85. The van der Waals surface area contributed by atoms with Crippen LogP contribution in [0.2, 0.25) is 0 Å². The maximum absolute atomic E-state index is 11.1. The van der Waals surface area contributed by atoms with Gasteiger partial charge in [0.2, 0.25) is 10.0 Å². The van der Waals surface area contributed by atoms with E-state index in [2.05, 4.69) is 14.2 Å². The fourth-order valence-electron chi connectivity index (χ4n) is 1.52. The average molecular weight is 321 g/mol. The Morgan fingerprint density at radius 2 is 1.65 bits per heavy atom. The summed E-state index contributed by atoms with van der Waals surface area (Å²) < 4.78 is 51.2. The van der Waals surface area contributed by atoms with Gasteiger partial charge in [0.1, 0.15) is 0 Å². The first-order valence-electron chi connectivity index (χ1n) is 5.97. The number of hydrogen-bond donors (Lipinski definition) is 3. The Kier molecular flexibility index (Phi) is 5.93. The summed E-state index contributed by atoms with van der Waals surface area (Å²) in [4.78, 5) is 0. The van der Waals surface area contributed by atoms with E-state index in [4.69, 9.17) is 0 Å². The largest absolute Gasteiger partial charge is 0.284 e. The molecule has 1 rings (SSSR count). The quantitative estimate of drug-likeness (QED) is 0.588. The predicted octanol–water partition coefficient (Wildman–Crippen LogP) is 0.0445. The molecule has 0 amide bonds. The molecule has 3 N–H and O–H groups in total. The van der Waals surface area contributed by atoms with E-state index in [0.717, 1.165) is 11.8 Å². The van der Waals surface area contributed by atoms with E-state index in [1.807, 2.05) is 0 Å². The summed E-state index contributed by atoms with van der Waals surface area (Å²) in [6.07, 6.45) is 2.44. The molecule has 0 aliphatic heterocycles. The van der Waals surface area contributed by atoms with Crippen molar-refractivity contribution in [2.75, 3.05) is 24.6 Å². The van der Waals surface area contributed by atoms with Crippen molar-refractivity contribution < 1.29 is 16.8 Å². The van der Waals surface area contributed by atoms with Gasteiger partial charge < -0.3 is 0 Å². The average Bonchev–Trinajstić information content (AvgIpc) is 2.35. The van der Waals surface area contributed by atoms with Gasteiger partial charge in [0.05, 0.1) is 6.26 Å². The van der Waals surface area contributed by atoms with Gasteiger partial charge in [-0.25, -0.2) is 17.9 Å². The van der Waals surface area contributed by atoms with Gasteiger partial charge in [-0.05, 0) is 30.5 Å². The van der Waals surface area contributed by atoms with Gasteiger partial charge in [0.15, 0.2) is 0 Å². The number of sulfonamides is 1. The molecule has 114 valence electrons. The van der Waals surface area contributed by atoms with Crippen molar-refractivity contribution in [1.82, 2.24) is 9.44 Å². The zero-order valence-electron chi connectivity index (χ0n) is 11.4. The van der Waals surface area contributed by atoms with Crippen LogP contribution >= 0.6 is 0 Å². The van der Waals surface area contributed by atoms with Gasteiger partial charge in [-0.3, -0.25) is 4.72 Å². The minimum Gasteiger partial charge on any atom is -0.284 e. The zero-order chi connectivity index (χ0) is 15.2. The van der Waals surface area contributed by atoms with Crippen molar-refractivity contribution in [3.63, 3.8) is 0 Å². The molecule has 20 heavy (non-hydrogen) atoms. The lowest BCUT2D eigenvalue weighted by Gasteiger charge is -2.07. The van der Waals surface area contributed by atoms with Crippen LogP contribution in [-0.4, -0.2) is 36.7 Å². The van der Waals surface area contributed by atoms with Crippen molar-refractivity contribution in [3.05, 3.63) is 29.8 Å². The molecule has 0 aromatic heterocycles. The topological polar surface area (TPSA) is 104 Å². The Balaban J connectivity index is 2.43. The standard InChI is InChI=1S/C11H19N3O4S2/c1-12-20(17,18)13-9-3-4-10-5-7-11(8-6-10)14-19(2,15)16/h5-8,12-14H,3-4,9H2,1-2H3. The third-order valence-corrected chi connectivity index (χ3v) is 4.19. The van der Waals surface area contributed by atoms with Crippen LogP contribution in [0.15, 0.2) is 24.3 Å². The SMILES string of the molecule is CNS(=O)(=O)NCCCc1ccc(NS(C)(=O)=O)cc1. The monoisotopic (exact) mass is 321 g/mol. The highest BCUT2D eigenvalue weighted by Gasteiger charge is 2.04. The minimum atomic E-state index is -3.38. The van der Waals surface area contributed by atoms with Gasteiger partial charge in [0, 0.05) is 19.3 Å². The van der Waals surface area contributed by atoms with Crippen LogP contribution in [0.25, 0.3) is 0 Å². The van der Waals surface area contributed by atoms with Gasteiger partial charge in [0.25, 0.3) is 10.2 Å². The summed E-state index contributed by atoms with van der Waals surface area (Å²) in [6, 6.07) is 6.96. The molecule has 0 bridgehead atoms. The van der Waals surface area contributed by atoms with Crippen LogP contribution < -0.4 is 14.2 Å². The van der Waals surface area contributed by atoms with Gasteiger partial charge >= 0.3 is 0 Å². The maximum atomic E-state index is 11.1. The molecule has 0 aliphatic rings. The number of nitrogens with one attached hydrogen (secondary N) is 3. The number of anilines is 1. The third-order valence-electron chi connectivity index (χ3n) is 2.46. The molecule has 0 saturated carbocycles. The van der Waals surface area contributed by atoms with E-state index in [9.17, 15) is 16.8 Å². The first-order chi connectivity index (χ1) is 9.22. The van der Waals surface area contributed by atoms with Crippen LogP contribution in [-0.2, 0) is 26.7 Å². The number of hydrogen-bond acceptors (Lipinski definition) is 4. The summed E-state index contributed by atoms with van der Waals surface area (Å²) in [6.45, 7) is 0.340. The van der Waals surface area contributed by atoms with Crippen molar-refractivity contribution in [2.45, 2.75) is 12.8 Å². The summed E-state index contributed by atoms with van der Waals surface area (Å²) in [7, 11) is -5.30. The van der Waals surface area contributed by atoms with Crippen LogP contribution in [0.5, 0.6) is 0 Å². The second kappa shape index (κ2) is 7.02. The summed E-state index contributed by atoms with van der Waals surface area (Å²) in [5, 5.41) is 0. The number of benzene rings is 1. The highest BCUT2D eigenvalue weighted by Crippen LogP contribution is 2.12. The Morgan fingerprint density at radius 1 is 1.05 bits per heavy atom. The van der Waals surface area contributed by atoms with Gasteiger partial charge in [-0.2, -0.15) is 8.42 Å². The molecule has 0 fully saturated rings. The minimum absolute atomic E-state index is 0.340. The first-order valence-corrected chi connectivity index (χ1v) is 9.34. The summed E-state index contributed by atoms with van der Waals surface area (Å²) >= 11 is 0. The molecule has 7 nitrogen and oxygen atoms in total. The molecular formula is C11H19N3O4S2. The number of aryl methyl sites for hydroxylation is 1. The molecule has 0 heterocycles. The number of rotatable bonds is 8. The van der Waals surface area contributed by atoms with E-state index in [1.165, 1.54) is 7.05 Å². The molecule has 0 saturated heterocycles. The van der Waals surface area contributed by atoms with E-state index < -0.39 is 20.2 Å². The summed E-state index contributed by atoms with van der Waals surface area (Å²) in [5.41, 5.74) is 1.51. The highest BCUT2D eigenvalue weighted by atomic mass is 32.2.